The van der Waals surface area contributed by atoms with E-state index in [0.717, 1.165) is 32.0 Å². The molecule has 4 heteroatoms. The lowest BCUT2D eigenvalue weighted by atomic mass is 10.1. The van der Waals surface area contributed by atoms with Crippen molar-refractivity contribution in [3.63, 3.8) is 0 Å². The molecule has 15 heavy (non-hydrogen) atoms. The number of nitrogens with one attached hydrogen (secondary N) is 1. The fraction of sp³-hybridized carbons (Fsp3) is 0.909. The number of carbonyl (C=O) groups is 1. The maximum atomic E-state index is 11.2. The second-order valence-corrected chi connectivity index (χ2v) is 4.41. The van der Waals surface area contributed by atoms with Crippen molar-refractivity contribution in [1.29, 1.82) is 0 Å². The third-order valence-corrected chi connectivity index (χ3v) is 3.19. The quantitative estimate of drug-likeness (QED) is 0.768. The fourth-order valence-corrected chi connectivity index (χ4v) is 2.19. The maximum Gasteiger partial charge on any atom is 0.407 e. The summed E-state index contributed by atoms with van der Waals surface area (Å²) in [6.45, 7) is 4.53. The molecule has 0 aromatic heterocycles. The summed E-state index contributed by atoms with van der Waals surface area (Å²) in [5.41, 5.74) is 0. The van der Waals surface area contributed by atoms with Crippen LogP contribution < -0.4 is 5.32 Å². The van der Waals surface area contributed by atoms with Crippen LogP contribution >= 0.6 is 0 Å². The van der Waals surface area contributed by atoms with E-state index < -0.39 is 0 Å². The topological polar surface area (TPSA) is 41.6 Å². The molecule has 0 aromatic carbocycles. The van der Waals surface area contributed by atoms with Crippen LogP contribution in [-0.4, -0.2) is 42.8 Å². The predicted octanol–water partition coefficient (Wildman–Crippen LogP) is 1.36. The smallest absolute Gasteiger partial charge is 0.407 e. The number of ether oxygens (including phenoxy) is 1. The van der Waals surface area contributed by atoms with Gasteiger partial charge in [0.1, 0.15) is 0 Å². The van der Waals surface area contributed by atoms with Crippen molar-refractivity contribution >= 4 is 6.09 Å². The van der Waals surface area contributed by atoms with Crippen LogP contribution in [0, 0.1) is 0 Å². The first-order chi connectivity index (χ1) is 7.29. The molecule has 1 heterocycles. The van der Waals surface area contributed by atoms with Gasteiger partial charge in [-0.15, -0.1) is 0 Å². The fourth-order valence-electron chi connectivity index (χ4n) is 2.19. The van der Waals surface area contributed by atoms with Crippen LogP contribution in [0.1, 0.15) is 32.6 Å². The molecule has 1 saturated carbocycles. The maximum absolute atomic E-state index is 11.2. The van der Waals surface area contributed by atoms with Crippen molar-refractivity contribution in [2.75, 3.05) is 19.7 Å². The van der Waals surface area contributed by atoms with E-state index in [1.54, 1.807) is 0 Å². The zero-order valence-corrected chi connectivity index (χ0v) is 9.37. The monoisotopic (exact) mass is 212 g/mol. The van der Waals surface area contributed by atoms with Crippen molar-refractivity contribution in [2.45, 2.75) is 44.7 Å². The molecule has 0 unspecified atom stereocenters. The SMILES string of the molecule is CCOC(=O)NC1CCN(C2CC2)CC1. The van der Waals surface area contributed by atoms with Crippen LogP contribution in [0.15, 0.2) is 0 Å². The summed E-state index contributed by atoms with van der Waals surface area (Å²) in [6.07, 6.45) is 4.61. The van der Waals surface area contributed by atoms with E-state index in [9.17, 15) is 4.79 Å². The molecule has 2 aliphatic rings. The zero-order chi connectivity index (χ0) is 10.7. The van der Waals surface area contributed by atoms with E-state index in [4.69, 9.17) is 4.74 Å². The molecule has 2 fully saturated rings. The Morgan fingerprint density at radius 1 is 1.33 bits per heavy atom. The molecule has 0 radical (unpaired) electrons. The number of alkyl carbamates (subject to hydrolysis) is 1. The van der Waals surface area contributed by atoms with Crippen LogP contribution in [0.3, 0.4) is 0 Å². The van der Waals surface area contributed by atoms with Gasteiger partial charge in [0.15, 0.2) is 0 Å². The Bertz CT molecular complexity index is 221. The number of amides is 1. The predicted molar refractivity (Wildman–Crippen MR) is 57.8 cm³/mol. The molecular weight excluding hydrogens is 192 g/mol. The van der Waals surface area contributed by atoms with Gasteiger partial charge in [-0.05, 0) is 32.6 Å². The summed E-state index contributed by atoms with van der Waals surface area (Å²) < 4.78 is 4.87. The molecule has 0 atom stereocenters. The van der Waals surface area contributed by atoms with E-state index in [0.29, 0.717) is 12.6 Å². The van der Waals surface area contributed by atoms with E-state index in [2.05, 4.69) is 10.2 Å². The Morgan fingerprint density at radius 3 is 2.53 bits per heavy atom. The van der Waals surface area contributed by atoms with Gasteiger partial charge in [0.2, 0.25) is 0 Å². The van der Waals surface area contributed by atoms with Gasteiger partial charge in [-0.3, -0.25) is 0 Å². The number of rotatable bonds is 3. The molecule has 1 aliphatic carbocycles. The number of likely N-dealkylation sites (tertiary alicyclic amines) is 1. The Hall–Kier alpha value is -0.770. The number of hydrogen-bond acceptors (Lipinski definition) is 3. The van der Waals surface area contributed by atoms with E-state index >= 15 is 0 Å². The Labute approximate surface area is 91.0 Å². The number of hydrogen-bond donors (Lipinski definition) is 1. The van der Waals surface area contributed by atoms with E-state index in [-0.39, 0.29) is 6.09 Å². The largest absolute Gasteiger partial charge is 0.450 e. The van der Waals surface area contributed by atoms with Crippen LogP contribution in [-0.2, 0) is 4.74 Å². The average Bonchev–Trinajstić information content (AvgIpc) is 3.03. The number of piperidine rings is 1. The first kappa shape index (κ1) is 10.7. The Kier molecular flexibility index (Phi) is 3.46. The molecule has 0 bridgehead atoms. The van der Waals surface area contributed by atoms with Gasteiger partial charge >= 0.3 is 6.09 Å². The molecular formula is C11H20N2O2. The van der Waals surface area contributed by atoms with Crippen LogP contribution in [0.25, 0.3) is 0 Å². The summed E-state index contributed by atoms with van der Waals surface area (Å²) in [5, 5.41) is 2.91. The van der Waals surface area contributed by atoms with Gasteiger partial charge < -0.3 is 15.0 Å². The minimum absolute atomic E-state index is 0.262. The lowest BCUT2D eigenvalue weighted by Gasteiger charge is -2.32. The summed E-state index contributed by atoms with van der Waals surface area (Å²) >= 11 is 0. The second kappa shape index (κ2) is 4.84. The highest BCUT2D eigenvalue weighted by Gasteiger charge is 2.32. The molecule has 86 valence electrons. The number of nitrogens with zero attached hydrogens (tertiary/aromatic N) is 1. The zero-order valence-electron chi connectivity index (χ0n) is 9.37. The number of carbonyl (C=O) groups excluding carboxylic acids is 1. The Morgan fingerprint density at radius 2 is 2.00 bits per heavy atom. The second-order valence-electron chi connectivity index (χ2n) is 4.41. The van der Waals surface area contributed by atoms with Crippen molar-refractivity contribution in [3.05, 3.63) is 0 Å². The van der Waals surface area contributed by atoms with E-state index in [1.807, 2.05) is 6.92 Å². The molecule has 1 aliphatic heterocycles. The third-order valence-electron chi connectivity index (χ3n) is 3.19. The van der Waals surface area contributed by atoms with Gasteiger partial charge in [-0.1, -0.05) is 0 Å². The minimum Gasteiger partial charge on any atom is -0.450 e. The highest BCUT2D eigenvalue weighted by Crippen LogP contribution is 2.29. The first-order valence-corrected chi connectivity index (χ1v) is 5.97. The van der Waals surface area contributed by atoms with E-state index in [1.165, 1.54) is 12.8 Å². The van der Waals surface area contributed by atoms with Crippen molar-refractivity contribution in [3.8, 4) is 0 Å². The molecule has 0 aromatic rings. The molecule has 2 rings (SSSR count). The minimum atomic E-state index is -0.262. The summed E-state index contributed by atoms with van der Waals surface area (Å²) in [5.74, 6) is 0. The Balaban J connectivity index is 1.66. The summed E-state index contributed by atoms with van der Waals surface area (Å²) in [6, 6.07) is 1.17. The summed E-state index contributed by atoms with van der Waals surface area (Å²) in [4.78, 5) is 13.7. The molecule has 4 nitrogen and oxygen atoms in total. The van der Waals surface area contributed by atoms with Crippen molar-refractivity contribution < 1.29 is 9.53 Å². The lowest BCUT2D eigenvalue weighted by Crippen LogP contribution is -2.45. The third kappa shape index (κ3) is 3.09. The van der Waals surface area contributed by atoms with Crippen LogP contribution in [0.4, 0.5) is 4.79 Å². The van der Waals surface area contributed by atoms with Crippen molar-refractivity contribution in [1.82, 2.24) is 10.2 Å². The molecule has 1 N–H and O–H groups in total. The molecule has 1 amide bonds. The molecule has 1 saturated heterocycles. The summed E-state index contributed by atoms with van der Waals surface area (Å²) in [7, 11) is 0. The van der Waals surface area contributed by atoms with Gasteiger partial charge in [-0.25, -0.2) is 4.79 Å². The average molecular weight is 212 g/mol. The standard InChI is InChI=1S/C11H20N2O2/c1-2-15-11(14)12-9-5-7-13(8-6-9)10-3-4-10/h9-10H,2-8H2,1H3,(H,12,14). The highest BCUT2D eigenvalue weighted by molar-refractivity contribution is 5.67. The van der Waals surface area contributed by atoms with Gasteiger partial charge in [-0.2, -0.15) is 0 Å². The molecule has 0 spiro atoms. The van der Waals surface area contributed by atoms with Gasteiger partial charge in [0.25, 0.3) is 0 Å². The normalized spacial score (nSPS) is 23.8. The van der Waals surface area contributed by atoms with Crippen molar-refractivity contribution in [2.24, 2.45) is 0 Å². The highest BCUT2D eigenvalue weighted by atomic mass is 16.5. The van der Waals surface area contributed by atoms with Gasteiger partial charge in [0, 0.05) is 25.2 Å². The first-order valence-electron chi connectivity index (χ1n) is 5.97. The van der Waals surface area contributed by atoms with Crippen LogP contribution in [0.2, 0.25) is 0 Å². The van der Waals surface area contributed by atoms with Crippen LogP contribution in [0.5, 0.6) is 0 Å². The lowest BCUT2D eigenvalue weighted by molar-refractivity contribution is 0.136. The van der Waals surface area contributed by atoms with Gasteiger partial charge in [0.05, 0.1) is 6.61 Å².